The van der Waals surface area contributed by atoms with Crippen LogP contribution in [-0.2, 0) is 16.6 Å². The number of nitrogens with zero attached hydrogens (tertiary/aromatic N) is 1. The fourth-order valence-corrected chi connectivity index (χ4v) is 4.80. The van der Waals surface area contributed by atoms with E-state index in [1.54, 1.807) is 12.1 Å². The number of rotatable bonds is 5. The number of nitrogens with one attached hydrogen (secondary N) is 1. The van der Waals surface area contributed by atoms with Crippen molar-refractivity contribution in [1.82, 2.24) is 4.57 Å². The van der Waals surface area contributed by atoms with Gasteiger partial charge in [0.15, 0.2) is 0 Å². The lowest BCUT2D eigenvalue weighted by Crippen LogP contribution is -2.16. The molecule has 0 atom stereocenters. The molecule has 1 aromatic heterocycles. The number of carboxylic acid groups (broad SMARTS) is 1. The Morgan fingerprint density at radius 3 is 2.39 bits per heavy atom. The van der Waals surface area contributed by atoms with Gasteiger partial charge in [-0.05, 0) is 43.3 Å². The van der Waals surface area contributed by atoms with Crippen molar-refractivity contribution < 1.29 is 18.3 Å². The molecule has 4 rings (SSSR count). The third-order valence-electron chi connectivity index (χ3n) is 4.75. The number of hydrogen-bond donors (Lipinski definition) is 2. The molecule has 0 aliphatic rings. The van der Waals surface area contributed by atoms with E-state index in [9.17, 15) is 18.3 Å². The Labute approximate surface area is 162 Å². The monoisotopic (exact) mass is 394 g/mol. The third-order valence-corrected chi connectivity index (χ3v) is 6.19. The Bertz CT molecular complexity index is 1320. The normalized spacial score (nSPS) is 11.8. The van der Waals surface area contributed by atoms with E-state index in [-0.39, 0.29) is 10.5 Å². The summed E-state index contributed by atoms with van der Waals surface area (Å²) in [4.78, 5) is 11.1. The van der Waals surface area contributed by atoms with Crippen LogP contribution in [0.15, 0.2) is 71.6 Å². The summed E-state index contributed by atoms with van der Waals surface area (Å²) < 4.78 is 30.3. The van der Waals surface area contributed by atoms with E-state index in [1.165, 1.54) is 24.3 Å². The minimum absolute atomic E-state index is 0.265. The van der Waals surface area contributed by atoms with Crippen LogP contribution in [0, 0.1) is 0 Å². The molecule has 142 valence electrons. The number of sulfonamides is 1. The van der Waals surface area contributed by atoms with E-state index in [2.05, 4.69) is 16.2 Å². The van der Waals surface area contributed by atoms with E-state index >= 15 is 0 Å². The molecule has 0 spiro atoms. The highest BCUT2D eigenvalue weighted by Crippen LogP contribution is 2.31. The summed E-state index contributed by atoms with van der Waals surface area (Å²) in [6.07, 6.45) is 0. The van der Waals surface area contributed by atoms with E-state index in [1.807, 2.05) is 30.3 Å². The number of anilines is 1. The second-order valence-electron chi connectivity index (χ2n) is 6.40. The van der Waals surface area contributed by atoms with Crippen molar-refractivity contribution in [1.29, 1.82) is 0 Å². The van der Waals surface area contributed by atoms with Gasteiger partial charge in [-0.25, -0.2) is 13.2 Å². The second kappa shape index (κ2) is 6.69. The van der Waals surface area contributed by atoms with Crippen LogP contribution in [0.25, 0.3) is 21.8 Å². The first-order valence-electron chi connectivity index (χ1n) is 8.78. The summed E-state index contributed by atoms with van der Waals surface area (Å²) in [5.74, 6) is -1.29. The predicted octanol–water partition coefficient (Wildman–Crippen LogP) is 4.31. The molecule has 0 unspecified atom stereocenters. The molecule has 0 radical (unpaired) electrons. The largest absolute Gasteiger partial charge is 0.478 e. The highest BCUT2D eigenvalue weighted by molar-refractivity contribution is 7.92. The summed E-state index contributed by atoms with van der Waals surface area (Å²) in [7, 11) is -4.05. The average Bonchev–Trinajstić information content (AvgIpc) is 3.00. The number of aromatic carboxylic acids is 1. The fourth-order valence-electron chi connectivity index (χ4n) is 3.55. The van der Waals surface area contributed by atoms with Gasteiger partial charge in [-0.1, -0.05) is 30.3 Å². The molecule has 6 nitrogen and oxygen atoms in total. The van der Waals surface area contributed by atoms with Gasteiger partial charge >= 0.3 is 5.97 Å². The molecule has 28 heavy (non-hydrogen) atoms. The van der Waals surface area contributed by atoms with Crippen molar-refractivity contribution in [3.8, 4) is 0 Å². The highest BCUT2D eigenvalue weighted by atomic mass is 32.2. The standard InChI is InChI=1S/C21H18N2O4S/c1-2-23-18-9-5-3-7-15(18)17-13-14(11-12-19(17)23)22-28(26,27)20-10-6-4-8-16(20)21(24)25/h3-13,22H,2H2,1H3,(H,24,25). The van der Waals surface area contributed by atoms with Crippen LogP contribution >= 0.6 is 0 Å². The molecule has 2 N–H and O–H groups in total. The number of aromatic nitrogens is 1. The SMILES string of the molecule is CCn1c2ccccc2c2cc(NS(=O)(=O)c3ccccc3C(=O)O)ccc21. The van der Waals surface area contributed by atoms with E-state index in [4.69, 9.17) is 0 Å². The van der Waals surface area contributed by atoms with Crippen molar-refractivity contribution in [2.45, 2.75) is 18.4 Å². The molecule has 7 heteroatoms. The van der Waals surface area contributed by atoms with Crippen molar-refractivity contribution in [3.05, 3.63) is 72.3 Å². The molecule has 3 aromatic carbocycles. The van der Waals surface area contributed by atoms with Gasteiger partial charge in [0.2, 0.25) is 0 Å². The number of aryl methyl sites for hydroxylation is 1. The average molecular weight is 394 g/mol. The van der Waals surface area contributed by atoms with Crippen LogP contribution < -0.4 is 4.72 Å². The fraction of sp³-hybridized carbons (Fsp3) is 0.0952. The molecule has 0 aliphatic carbocycles. The molecule has 0 aliphatic heterocycles. The Kier molecular flexibility index (Phi) is 4.31. The number of para-hydroxylation sites is 1. The molecular formula is C21H18N2O4S. The van der Waals surface area contributed by atoms with Gasteiger partial charge in [-0.2, -0.15) is 0 Å². The minimum Gasteiger partial charge on any atom is -0.478 e. The molecule has 1 heterocycles. The maximum absolute atomic E-state index is 12.8. The summed E-state index contributed by atoms with van der Waals surface area (Å²) in [5, 5.41) is 11.3. The Balaban J connectivity index is 1.83. The lowest BCUT2D eigenvalue weighted by atomic mass is 10.1. The van der Waals surface area contributed by atoms with Crippen LogP contribution in [0.4, 0.5) is 5.69 Å². The molecule has 0 amide bonds. The van der Waals surface area contributed by atoms with Gasteiger partial charge in [-0.3, -0.25) is 4.72 Å². The Hall–Kier alpha value is -3.32. The van der Waals surface area contributed by atoms with E-state index in [0.717, 1.165) is 28.4 Å². The maximum atomic E-state index is 12.8. The molecule has 0 bridgehead atoms. The second-order valence-corrected chi connectivity index (χ2v) is 8.05. The number of hydrogen-bond acceptors (Lipinski definition) is 3. The van der Waals surface area contributed by atoms with Gasteiger partial charge < -0.3 is 9.67 Å². The summed E-state index contributed by atoms with van der Waals surface area (Å²) in [6.45, 7) is 2.85. The zero-order chi connectivity index (χ0) is 19.9. The zero-order valence-electron chi connectivity index (χ0n) is 15.1. The third kappa shape index (κ3) is 2.90. The topological polar surface area (TPSA) is 88.4 Å². The first kappa shape index (κ1) is 18.1. The maximum Gasteiger partial charge on any atom is 0.337 e. The number of fused-ring (bicyclic) bond motifs is 3. The van der Waals surface area contributed by atoms with E-state index in [0.29, 0.717) is 5.69 Å². The van der Waals surface area contributed by atoms with Crippen molar-refractivity contribution in [2.75, 3.05) is 4.72 Å². The van der Waals surface area contributed by atoms with Crippen LogP contribution in [0.3, 0.4) is 0 Å². The Morgan fingerprint density at radius 2 is 1.64 bits per heavy atom. The summed E-state index contributed by atoms with van der Waals surface area (Å²) in [5.41, 5.74) is 2.21. The lowest BCUT2D eigenvalue weighted by Gasteiger charge is -2.11. The van der Waals surface area contributed by atoms with Gasteiger partial charge in [0.25, 0.3) is 10.0 Å². The van der Waals surface area contributed by atoms with Gasteiger partial charge in [-0.15, -0.1) is 0 Å². The lowest BCUT2D eigenvalue weighted by molar-refractivity contribution is 0.0692. The molecule has 4 aromatic rings. The smallest absolute Gasteiger partial charge is 0.337 e. The van der Waals surface area contributed by atoms with Crippen molar-refractivity contribution >= 4 is 43.5 Å². The molecule has 0 saturated carbocycles. The minimum atomic E-state index is -4.05. The van der Waals surface area contributed by atoms with Crippen molar-refractivity contribution in [2.24, 2.45) is 0 Å². The van der Waals surface area contributed by atoms with E-state index < -0.39 is 16.0 Å². The number of carbonyl (C=O) groups is 1. The summed E-state index contributed by atoms with van der Waals surface area (Å²) >= 11 is 0. The van der Waals surface area contributed by atoms with Crippen LogP contribution in [0.5, 0.6) is 0 Å². The predicted molar refractivity (Wildman–Crippen MR) is 109 cm³/mol. The summed E-state index contributed by atoms with van der Waals surface area (Å²) in [6, 6.07) is 18.9. The van der Waals surface area contributed by atoms with Crippen LogP contribution in [-0.4, -0.2) is 24.1 Å². The van der Waals surface area contributed by atoms with Crippen LogP contribution in [0.2, 0.25) is 0 Å². The Morgan fingerprint density at radius 1 is 0.964 bits per heavy atom. The molecular weight excluding hydrogens is 376 g/mol. The highest BCUT2D eigenvalue weighted by Gasteiger charge is 2.22. The van der Waals surface area contributed by atoms with Crippen molar-refractivity contribution in [3.63, 3.8) is 0 Å². The van der Waals surface area contributed by atoms with Crippen LogP contribution in [0.1, 0.15) is 17.3 Å². The van der Waals surface area contributed by atoms with Gasteiger partial charge in [0, 0.05) is 34.0 Å². The van der Waals surface area contributed by atoms with Gasteiger partial charge in [0.05, 0.1) is 5.56 Å². The quantitative estimate of drug-likeness (QED) is 0.528. The molecule has 0 saturated heterocycles. The molecule has 0 fully saturated rings. The number of benzene rings is 3. The first-order chi connectivity index (χ1) is 13.4. The van der Waals surface area contributed by atoms with Gasteiger partial charge in [0.1, 0.15) is 4.90 Å². The zero-order valence-corrected chi connectivity index (χ0v) is 15.9. The number of carboxylic acids is 1. The first-order valence-corrected chi connectivity index (χ1v) is 10.3.